The van der Waals surface area contributed by atoms with E-state index in [-0.39, 0.29) is 29.6 Å². The van der Waals surface area contributed by atoms with E-state index in [1.54, 1.807) is 0 Å². The SMILES string of the molecule is C[O-].OCCSSCCN(CCN1CCCCCC1)CCN1CCCCCC1.[Na+]. The molecule has 0 unspecified atom stereocenters. The van der Waals surface area contributed by atoms with Gasteiger partial charge in [0.05, 0.1) is 6.61 Å². The van der Waals surface area contributed by atoms with Crippen molar-refractivity contribution in [3.05, 3.63) is 0 Å². The van der Waals surface area contributed by atoms with Crippen LogP contribution in [0.4, 0.5) is 0 Å². The zero-order chi connectivity index (χ0) is 20.3. The van der Waals surface area contributed by atoms with Gasteiger partial charge in [-0.15, -0.1) is 0 Å². The zero-order valence-electron chi connectivity index (χ0n) is 19.2. The predicted octanol–water partition coefficient (Wildman–Crippen LogP) is -0.605. The average molecular weight is 458 g/mol. The van der Waals surface area contributed by atoms with E-state index in [0.29, 0.717) is 6.61 Å². The van der Waals surface area contributed by atoms with E-state index in [1.165, 1.54) is 116 Å². The van der Waals surface area contributed by atoms with Crippen LogP contribution in [-0.2, 0) is 0 Å². The molecule has 0 atom stereocenters. The summed E-state index contributed by atoms with van der Waals surface area (Å²) in [5.41, 5.74) is 0. The van der Waals surface area contributed by atoms with Gasteiger partial charge >= 0.3 is 29.6 Å². The molecule has 2 saturated heterocycles. The third kappa shape index (κ3) is 16.7. The van der Waals surface area contributed by atoms with E-state index in [0.717, 1.165) is 12.9 Å². The van der Waals surface area contributed by atoms with E-state index in [1.807, 2.05) is 21.6 Å². The Balaban J connectivity index is 0.00000253. The van der Waals surface area contributed by atoms with Gasteiger partial charge in [-0.3, -0.25) is 4.90 Å². The molecular formula is C21H44N3NaO2S2. The maximum Gasteiger partial charge on any atom is 1.00 e. The van der Waals surface area contributed by atoms with Crippen molar-refractivity contribution in [1.29, 1.82) is 0 Å². The topological polar surface area (TPSA) is 53.0 Å². The van der Waals surface area contributed by atoms with Gasteiger partial charge in [-0.05, 0) is 51.9 Å². The number of rotatable bonds is 12. The zero-order valence-corrected chi connectivity index (χ0v) is 22.8. The van der Waals surface area contributed by atoms with Crippen molar-refractivity contribution >= 4 is 21.6 Å². The van der Waals surface area contributed by atoms with Crippen LogP contribution in [0.1, 0.15) is 51.4 Å². The number of hydrogen-bond donors (Lipinski definition) is 1. The molecule has 0 bridgehead atoms. The van der Waals surface area contributed by atoms with Gasteiger partial charge in [-0.1, -0.05) is 47.3 Å². The molecule has 0 aromatic rings. The van der Waals surface area contributed by atoms with E-state index in [4.69, 9.17) is 10.2 Å². The van der Waals surface area contributed by atoms with Crippen LogP contribution in [0.15, 0.2) is 0 Å². The van der Waals surface area contributed by atoms with E-state index >= 15 is 0 Å². The van der Waals surface area contributed by atoms with Gasteiger partial charge in [0.1, 0.15) is 0 Å². The second-order valence-electron chi connectivity index (χ2n) is 7.72. The van der Waals surface area contributed by atoms with Crippen LogP contribution in [0, 0.1) is 0 Å². The summed E-state index contributed by atoms with van der Waals surface area (Å²) in [6.07, 6.45) is 11.3. The summed E-state index contributed by atoms with van der Waals surface area (Å²) >= 11 is 0. The number of aliphatic hydroxyl groups is 1. The van der Waals surface area contributed by atoms with Crippen molar-refractivity contribution < 1.29 is 39.8 Å². The summed E-state index contributed by atoms with van der Waals surface area (Å²) in [6.45, 7) is 11.6. The Morgan fingerprint density at radius 1 is 0.690 bits per heavy atom. The molecule has 0 radical (unpaired) electrons. The first-order valence-corrected chi connectivity index (χ1v) is 13.8. The first kappa shape index (κ1) is 30.5. The average Bonchev–Trinajstić information content (AvgIpc) is 3.16. The number of hydrogen-bond acceptors (Lipinski definition) is 7. The summed E-state index contributed by atoms with van der Waals surface area (Å²) in [7, 11) is 4.49. The molecule has 5 nitrogen and oxygen atoms in total. The van der Waals surface area contributed by atoms with Gasteiger partial charge in [0.2, 0.25) is 0 Å². The van der Waals surface area contributed by atoms with Crippen LogP contribution in [-0.4, -0.2) is 104 Å². The van der Waals surface area contributed by atoms with Gasteiger partial charge < -0.3 is 20.0 Å². The molecule has 168 valence electrons. The molecule has 0 amide bonds. The standard InChI is InChI=1S/C20H41N3OS2.CH3O.Na/c24-18-20-26-25-19-17-23(15-13-21-9-5-1-2-6-10-21)16-14-22-11-7-3-4-8-12-22;1-2;/h24H,1-20H2;1H3;/q;-1;+1. The van der Waals surface area contributed by atoms with Gasteiger partial charge in [0.25, 0.3) is 0 Å². The maximum atomic E-state index is 8.92. The molecule has 2 heterocycles. The second kappa shape index (κ2) is 22.7. The largest absolute Gasteiger partial charge is 1.00 e. The number of likely N-dealkylation sites (tertiary alicyclic amines) is 2. The van der Waals surface area contributed by atoms with Gasteiger partial charge in [0.15, 0.2) is 0 Å². The van der Waals surface area contributed by atoms with Crippen molar-refractivity contribution in [2.45, 2.75) is 51.4 Å². The van der Waals surface area contributed by atoms with Crippen molar-refractivity contribution in [2.75, 3.05) is 84.1 Å². The molecule has 2 rings (SSSR count). The minimum atomic E-state index is 0. The van der Waals surface area contributed by atoms with Crippen LogP contribution in [0.3, 0.4) is 0 Å². The Kier molecular flexibility index (Phi) is 23.9. The summed E-state index contributed by atoms with van der Waals surface area (Å²) in [6, 6.07) is 0. The summed E-state index contributed by atoms with van der Waals surface area (Å²) in [5, 5.41) is 17.2. The molecule has 0 spiro atoms. The Morgan fingerprint density at radius 3 is 1.52 bits per heavy atom. The van der Waals surface area contributed by atoms with Gasteiger partial charge in [0, 0.05) is 44.2 Å². The fourth-order valence-electron chi connectivity index (χ4n) is 3.94. The van der Waals surface area contributed by atoms with Crippen LogP contribution in [0.25, 0.3) is 0 Å². The molecule has 0 saturated carbocycles. The quantitative estimate of drug-likeness (QED) is 0.238. The molecule has 8 heteroatoms. The van der Waals surface area contributed by atoms with Crippen LogP contribution in [0.2, 0.25) is 0 Å². The van der Waals surface area contributed by atoms with E-state index in [9.17, 15) is 0 Å². The Bertz CT molecular complexity index is 307. The van der Waals surface area contributed by atoms with Crippen molar-refractivity contribution in [3.63, 3.8) is 0 Å². The fraction of sp³-hybridized carbons (Fsp3) is 1.00. The van der Waals surface area contributed by atoms with Crippen molar-refractivity contribution in [2.24, 2.45) is 0 Å². The Labute approximate surface area is 210 Å². The summed E-state index contributed by atoms with van der Waals surface area (Å²) < 4.78 is 0. The molecule has 2 aliphatic rings. The predicted molar refractivity (Wildman–Crippen MR) is 124 cm³/mol. The number of nitrogens with zero attached hydrogens (tertiary/aromatic N) is 3. The van der Waals surface area contributed by atoms with E-state index < -0.39 is 0 Å². The van der Waals surface area contributed by atoms with Gasteiger partial charge in [-0.2, -0.15) is 7.11 Å². The van der Waals surface area contributed by atoms with Crippen LogP contribution < -0.4 is 34.7 Å². The van der Waals surface area contributed by atoms with Gasteiger partial charge in [-0.25, -0.2) is 0 Å². The smallest absolute Gasteiger partial charge is 0.857 e. The second-order valence-corrected chi connectivity index (χ2v) is 10.4. The summed E-state index contributed by atoms with van der Waals surface area (Å²) in [4.78, 5) is 8.08. The fourth-order valence-corrected chi connectivity index (χ4v) is 5.74. The molecule has 2 fully saturated rings. The first-order chi connectivity index (χ1) is 13.9. The molecule has 29 heavy (non-hydrogen) atoms. The van der Waals surface area contributed by atoms with E-state index in [2.05, 4.69) is 14.7 Å². The van der Waals surface area contributed by atoms with Crippen LogP contribution >= 0.6 is 21.6 Å². The molecule has 0 aliphatic carbocycles. The molecule has 0 aromatic carbocycles. The first-order valence-electron chi connectivity index (χ1n) is 11.3. The van der Waals surface area contributed by atoms with Crippen molar-refractivity contribution in [1.82, 2.24) is 14.7 Å². The summed E-state index contributed by atoms with van der Waals surface area (Å²) in [5.74, 6) is 2.02. The molecule has 0 aromatic heterocycles. The molecule has 2 aliphatic heterocycles. The Hall–Kier alpha value is 1.50. The monoisotopic (exact) mass is 457 g/mol. The third-order valence-electron chi connectivity index (χ3n) is 5.61. The van der Waals surface area contributed by atoms with Crippen molar-refractivity contribution in [3.8, 4) is 0 Å². The van der Waals surface area contributed by atoms with Crippen LogP contribution in [0.5, 0.6) is 0 Å². The number of aliphatic hydroxyl groups excluding tert-OH is 1. The maximum absolute atomic E-state index is 8.92. The molecule has 1 N–H and O–H groups in total. The Morgan fingerprint density at radius 2 is 1.10 bits per heavy atom. The normalized spacial score (nSPS) is 19.0. The third-order valence-corrected chi connectivity index (χ3v) is 7.98. The minimum absolute atomic E-state index is 0. The minimum Gasteiger partial charge on any atom is -0.857 e. The molecular weight excluding hydrogens is 413 g/mol.